The Bertz CT molecular complexity index is 991. The van der Waals surface area contributed by atoms with E-state index < -0.39 is 10.0 Å². The highest BCUT2D eigenvalue weighted by Crippen LogP contribution is 2.36. The summed E-state index contributed by atoms with van der Waals surface area (Å²) in [6, 6.07) is 9.55. The van der Waals surface area contributed by atoms with Crippen molar-refractivity contribution in [1.82, 2.24) is 0 Å². The van der Waals surface area contributed by atoms with Gasteiger partial charge in [-0.3, -0.25) is 9.52 Å². The molecule has 2 aliphatic rings. The maximum absolute atomic E-state index is 12.7. The third kappa shape index (κ3) is 3.19. The number of fused-ring (bicyclic) bond motifs is 2. The van der Waals surface area contributed by atoms with Crippen molar-refractivity contribution in [2.75, 3.05) is 22.6 Å². The molecule has 2 N–H and O–H groups in total. The van der Waals surface area contributed by atoms with Gasteiger partial charge in [-0.2, -0.15) is 0 Å². The number of rotatable bonds is 3. The molecule has 1 atom stereocenters. The van der Waals surface area contributed by atoms with E-state index in [2.05, 4.69) is 10.0 Å². The van der Waals surface area contributed by atoms with Crippen molar-refractivity contribution in [3.63, 3.8) is 0 Å². The molecule has 0 aromatic heterocycles. The maximum Gasteiger partial charge on any atom is 0.261 e. The summed E-state index contributed by atoms with van der Waals surface area (Å²) in [6.45, 7) is 1.96. The quantitative estimate of drug-likeness (QED) is 0.834. The number of carbonyl (C=O) groups excluding carboxylic acids is 1. The molecule has 136 valence electrons. The molecule has 4 rings (SSSR count). The summed E-state index contributed by atoms with van der Waals surface area (Å²) in [5.41, 5.74) is 0.883. The van der Waals surface area contributed by atoms with Crippen LogP contribution < -0.4 is 19.5 Å². The van der Waals surface area contributed by atoms with Gasteiger partial charge in [-0.1, -0.05) is 6.92 Å². The molecule has 2 aliphatic heterocycles. The van der Waals surface area contributed by atoms with Crippen molar-refractivity contribution in [2.45, 2.75) is 16.7 Å². The summed E-state index contributed by atoms with van der Waals surface area (Å²) < 4.78 is 38.4. The number of anilines is 2. The van der Waals surface area contributed by atoms with Gasteiger partial charge in [0, 0.05) is 22.6 Å². The van der Waals surface area contributed by atoms with Crippen molar-refractivity contribution in [3.8, 4) is 11.5 Å². The fourth-order valence-electron chi connectivity index (χ4n) is 2.62. The zero-order valence-electron chi connectivity index (χ0n) is 13.8. The van der Waals surface area contributed by atoms with Crippen LogP contribution in [0.25, 0.3) is 0 Å². The van der Waals surface area contributed by atoms with Gasteiger partial charge in [-0.05, 0) is 30.3 Å². The highest BCUT2D eigenvalue weighted by atomic mass is 32.2. The van der Waals surface area contributed by atoms with Gasteiger partial charge < -0.3 is 14.8 Å². The highest BCUT2D eigenvalue weighted by Gasteiger charge is 2.23. The molecule has 1 amide bonds. The molecule has 7 nitrogen and oxygen atoms in total. The van der Waals surface area contributed by atoms with Crippen molar-refractivity contribution in [2.24, 2.45) is 5.92 Å². The normalized spacial score (nSPS) is 18.7. The number of hydrogen-bond donors (Lipinski definition) is 2. The number of sulfonamides is 1. The molecule has 26 heavy (non-hydrogen) atoms. The molecule has 0 fully saturated rings. The molecular weight excluding hydrogens is 376 g/mol. The monoisotopic (exact) mass is 392 g/mol. The molecule has 0 radical (unpaired) electrons. The third-order valence-corrected chi connectivity index (χ3v) is 6.79. The van der Waals surface area contributed by atoms with Gasteiger partial charge in [0.1, 0.15) is 0 Å². The summed E-state index contributed by atoms with van der Waals surface area (Å²) in [7, 11) is -3.81. The molecule has 0 aliphatic carbocycles. The molecule has 2 aromatic rings. The second-order valence-corrected chi connectivity index (χ2v) is 8.78. The highest BCUT2D eigenvalue weighted by molar-refractivity contribution is 7.99. The van der Waals surface area contributed by atoms with Gasteiger partial charge in [0.15, 0.2) is 11.5 Å². The second-order valence-electron chi connectivity index (χ2n) is 6.03. The number of benzene rings is 2. The van der Waals surface area contributed by atoms with E-state index >= 15 is 0 Å². The van der Waals surface area contributed by atoms with Crippen LogP contribution in [0.4, 0.5) is 11.4 Å². The SMILES string of the molecule is C[C@H]1CSc2ccc(S(=O)(=O)Nc3ccc4c(c3)OCO4)cc2NC1=O. The van der Waals surface area contributed by atoms with Crippen molar-refractivity contribution in [1.29, 1.82) is 0 Å². The van der Waals surface area contributed by atoms with Crippen molar-refractivity contribution < 1.29 is 22.7 Å². The molecule has 2 aromatic carbocycles. The maximum atomic E-state index is 12.7. The van der Waals surface area contributed by atoms with Gasteiger partial charge >= 0.3 is 0 Å². The fraction of sp³-hybridized carbons (Fsp3) is 0.235. The predicted molar refractivity (Wildman–Crippen MR) is 98.3 cm³/mol. The van der Waals surface area contributed by atoms with E-state index in [0.717, 1.165) is 4.90 Å². The van der Waals surface area contributed by atoms with Gasteiger partial charge in [0.2, 0.25) is 12.7 Å². The van der Waals surface area contributed by atoms with Gasteiger partial charge in [0.05, 0.1) is 16.3 Å². The third-order valence-electron chi connectivity index (χ3n) is 4.08. The summed E-state index contributed by atoms with van der Waals surface area (Å²) in [6.07, 6.45) is 0. The van der Waals surface area contributed by atoms with Crippen molar-refractivity contribution in [3.05, 3.63) is 36.4 Å². The minimum Gasteiger partial charge on any atom is -0.454 e. The Morgan fingerprint density at radius 3 is 2.81 bits per heavy atom. The first kappa shape index (κ1) is 17.0. The lowest BCUT2D eigenvalue weighted by atomic mass is 10.2. The lowest BCUT2D eigenvalue weighted by molar-refractivity contribution is -0.118. The van der Waals surface area contributed by atoms with E-state index in [1.807, 2.05) is 6.92 Å². The average Bonchev–Trinajstić information content (AvgIpc) is 3.01. The van der Waals surface area contributed by atoms with E-state index in [0.29, 0.717) is 28.6 Å². The number of hydrogen-bond acceptors (Lipinski definition) is 6. The lowest BCUT2D eigenvalue weighted by Gasteiger charge is -2.12. The second kappa shape index (κ2) is 6.40. The molecule has 2 heterocycles. The van der Waals surface area contributed by atoms with Crippen LogP contribution in [0, 0.1) is 5.92 Å². The smallest absolute Gasteiger partial charge is 0.261 e. The van der Waals surface area contributed by atoms with E-state index in [1.54, 1.807) is 24.3 Å². The van der Waals surface area contributed by atoms with Crippen LogP contribution in [0.3, 0.4) is 0 Å². The van der Waals surface area contributed by atoms with Crippen LogP contribution >= 0.6 is 11.8 Å². The lowest BCUT2D eigenvalue weighted by Crippen LogP contribution is -2.20. The molecular formula is C17H16N2O5S2. The largest absolute Gasteiger partial charge is 0.454 e. The first-order valence-electron chi connectivity index (χ1n) is 7.92. The zero-order chi connectivity index (χ0) is 18.3. The Kier molecular flexibility index (Phi) is 4.20. The molecule has 0 saturated carbocycles. The standard InChI is InChI=1S/C17H16N2O5S2/c1-10-8-25-16-5-3-12(7-13(16)18-17(10)20)26(21,22)19-11-2-4-14-15(6-11)24-9-23-14/h2-7,10,19H,8-9H2,1H3,(H,18,20)/t10-/m0/s1. The number of amides is 1. The van der Waals surface area contributed by atoms with Gasteiger partial charge in [-0.25, -0.2) is 8.42 Å². The van der Waals surface area contributed by atoms with Gasteiger partial charge in [0.25, 0.3) is 10.0 Å². The van der Waals surface area contributed by atoms with E-state index in [1.165, 1.54) is 23.9 Å². The number of carbonyl (C=O) groups is 1. The number of nitrogens with one attached hydrogen (secondary N) is 2. The van der Waals surface area contributed by atoms with E-state index in [4.69, 9.17) is 9.47 Å². The minimum absolute atomic E-state index is 0.0735. The van der Waals surface area contributed by atoms with E-state index in [-0.39, 0.29) is 23.5 Å². The Hall–Kier alpha value is -2.39. The first-order valence-corrected chi connectivity index (χ1v) is 10.4. The summed E-state index contributed by atoms with van der Waals surface area (Å²) in [5, 5.41) is 2.79. The van der Waals surface area contributed by atoms with E-state index in [9.17, 15) is 13.2 Å². The van der Waals surface area contributed by atoms with Crippen LogP contribution in [-0.4, -0.2) is 26.9 Å². The Morgan fingerprint density at radius 1 is 1.15 bits per heavy atom. The van der Waals surface area contributed by atoms with Crippen LogP contribution in [0.2, 0.25) is 0 Å². The van der Waals surface area contributed by atoms with Crippen LogP contribution in [-0.2, 0) is 14.8 Å². The Morgan fingerprint density at radius 2 is 1.96 bits per heavy atom. The molecule has 0 unspecified atom stereocenters. The predicted octanol–water partition coefficient (Wildman–Crippen LogP) is 2.90. The average molecular weight is 392 g/mol. The number of ether oxygens (including phenoxy) is 2. The summed E-state index contributed by atoms with van der Waals surface area (Å²) in [5.74, 6) is 1.46. The van der Waals surface area contributed by atoms with Crippen LogP contribution in [0.5, 0.6) is 11.5 Å². The minimum atomic E-state index is -3.81. The Balaban J connectivity index is 1.62. The fourth-order valence-corrected chi connectivity index (χ4v) is 4.71. The number of thioether (sulfide) groups is 1. The topological polar surface area (TPSA) is 93.7 Å². The summed E-state index contributed by atoms with van der Waals surface area (Å²) >= 11 is 1.53. The molecule has 0 spiro atoms. The van der Waals surface area contributed by atoms with Crippen molar-refractivity contribution >= 4 is 39.1 Å². The Labute approximate surface area is 155 Å². The first-order chi connectivity index (χ1) is 12.4. The van der Waals surface area contributed by atoms with Crippen LogP contribution in [0.15, 0.2) is 46.2 Å². The zero-order valence-corrected chi connectivity index (χ0v) is 15.4. The summed E-state index contributed by atoms with van der Waals surface area (Å²) in [4.78, 5) is 12.9. The molecule has 0 saturated heterocycles. The molecule has 9 heteroatoms. The van der Waals surface area contributed by atoms with Gasteiger partial charge in [-0.15, -0.1) is 11.8 Å². The van der Waals surface area contributed by atoms with Crippen LogP contribution in [0.1, 0.15) is 6.92 Å². The molecule has 0 bridgehead atoms.